The number of aromatic nitrogens is 2. The molecule has 4 heteroatoms. The van der Waals surface area contributed by atoms with Gasteiger partial charge in [-0.2, -0.15) is 0 Å². The zero-order valence-corrected chi connectivity index (χ0v) is 13.5. The molecule has 2 N–H and O–H groups in total. The zero-order valence-electron chi connectivity index (χ0n) is 13.5. The monoisotopic (exact) mass is 308 g/mol. The first-order valence-electron chi connectivity index (χ1n) is 8.82. The molecule has 23 heavy (non-hydrogen) atoms. The van der Waals surface area contributed by atoms with Gasteiger partial charge in [-0.1, -0.05) is 12.1 Å². The van der Waals surface area contributed by atoms with Crippen molar-refractivity contribution in [2.75, 3.05) is 18.4 Å². The van der Waals surface area contributed by atoms with Gasteiger partial charge in [0.2, 0.25) is 0 Å². The van der Waals surface area contributed by atoms with Crippen LogP contribution in [-0.2, 0) is 12.8 Å². The first kappa shape index (κ1) is 14.6. The molecule has 1 fully saturated rings. The molecule has 1 saturated heterocycles. The normalized spacial score (nSPS) is 18.4. The van der Waals surface area contributed by atoms with Crippen LogP contribution in [0.2, 0.25) is 0 Å². The summed E-state index contributed by atoms with van der Waals surface area (Å²) in [5.74, 6) is 0.888. The van der Waals surface area contributed by atoms with E-state index in [0.717, 1.165) is 37.4 Å². The fourth-order valence-electron chi connectivity index (χ4n) is 3.63. The maximum absolute atomic E-state index is 4.44. The summed E-state index contributed by atoms with van der Waals surface area (Å²) >= 11 is 0. The van der Waals surface area contributed by atoms with Gasteiger partial charge in [0.25, 0.3) is 0 Å². The van der Waals surface area contributed by atoms with E-state index < -0.39 is 0 Å². The van der Waals surface area contributed by atoms with Gasteiger partial charge in [0.1, 0.15) is 5.82 Å². The molecule has 0 amide bonds. The highest BCUT2D eigenvalue weighted by Crippen LogP contribution is 2.26. The predicted octanol–water partition coefficient (Wildman–Crippen LogP) is 3.19. The number of benzene rings is 1. The first-order valence-corrected chi connectivity index (χ1v) is 8.82. The van der Waals surface area contributed by atoms with E-state index in [1.165, 1.54) is 42.4 Å². The van der Waals surface area contributed by atoms with E-state index in [-0.39, 0.29) is 0 Å². The third-order valence-electron chi connectivity index (χ3n) is 5.00. The molecule has 1 aromatic heterocycles. The van der Waals surface area contributed by atoms with Crippen LogP contribution in [0.5, 0.6) is 0 Å². The Labute approximate surface area is 137 Å². The Kier molecular flexibility index (Phi) is 4.24. The molecule has 2 heterocycles. The van der Waals surface area contributed by atoms with Crippen LogP contribution in [0.25, 0.3) is 11.3 Å². The summed E-state index contributed by atoms with van der Waals surface area (Å²) in [4.78, 5) is 0. The minimum atomic E-state index is 0.514. The standard InChI is InChI=1S/C19H24N4/c1-2-4-15-13-16(6-5-14(15)3-1)18-7-8-19(23-22-18)21-17-9-11-20-12-10-17/h5-8,13,17,20H,1-4,9-12H2,(H,21,23). The van der Waals surface area contributed by atoms with Gasteiger partial charge in [-0.25, -0.2) is 0 Å². The van der Waals surface area contributed by atoms with Crippen molar-refractivity contribution in [2.24, 2.45) is 0 Å². The van der Waals surface area contributed by atoms with E-state index in [9.17, 15) is 0 Å². The molecular formula is C19H24N4. The number of piperidine rings is 1. The van der Waals surface area contributed by atoms with Crippen molar-refractivity contribution in [3.05, 3.63) is 41.5 Å². The van der Waals surface area contributed by atoms with Crippen LogP contribution in [0.4, 0.5) is 5.82 Å². The topological polar surface area (TPSA) is 49.8 Å². The van der Waals surface area contributed by atoms with Crippen molar-refractivity contribution in [1.82, 2.24) is 15.5 Å². The minimum Gasteiger partial charge on any atom is -0.366 e. The third kappa shape index (κ3) is 3.37. The molecule has 1 aromatic carbocycles. The van der Waals surface area contributed by atoms with Gasteiger partial charge in [-0.05, 0) is 80.9 Å². The Balaban J connectivity index is 1.49. The molecular weight excluding hydrogens is 284 g/mol. The number of nitrogens with zero attached hydrogens (tertiary/aromatic N) is 2. The maximum Gasteiger partial charge on any atom is 0.148 e. The van der Waals surface area contributed by atoms with E-state index in [1.54, 1.807) is 0 Å². The van der Waals surface area contributed by atoms with Crippen molar-refractivity contribution >= 4 is 5.82 Å². The first-order chi connectivity index (χ1) is 11.4. The maximum atomic E-state index is 4.44. The number of fused-ring (bicyclic) bond motifs is 1. The van der Waals surface area contributed by atoms with Gasteiger partial charge in [0, 0.05) is 11.6 Å². The molecule has 120 valence electrons. The molecule has 0 bridgehead atoms. The fourth-order valence-corrected chi connectivity index (χ4v) is 3.63. The highest BCUT2D eigenvalue weighted by atomic mass is 15.2. The van der Waals surface area contributed by atoms with Gasteiger partial charge >= 0.3 is 0 Å². The Hall–Kier alpha value is -1.94. The lowest BCUT2D eigenvalue weighted by molar-refractivity contribution is 0.478. The molecule has 1 aliphatic heterocycles. The largest absolute Gasteiger partial charge is 0.366 e. The van der Waals surface area contributed by atoms with E-state index in [4.69, 9.17) is 0 Å². The molecule has 0 spiro atoms. The predicted molar refractivity (Wildman–Crippen MR) is 93.6 cm³/mol. The summed E-state index contributed by atoms with van der Waals surface area (Å²) in [6.45, 7) is 2.16. The van der Waals surface area contributed by atoms with E-state index in [1.807, 2.05) is 0 Å². The van der Waals surface area contributed by atoms with Crippen molar-refractivity contribution in [2.45, 2.75) is 44.6 Å². The van der Waals surface area contributed by atoms with Crippen LogP contribution in [0.3, 0.4) is 0 Å². The van der Waals surface area contributed by atoms with Crippen LogP contribution in [0.1, 0.15) is 36.8 Å². The highest BCUT2D eigenvalue weighted by molar-refractivity contribution is 5.61. The lowest BCUT2D eigenvalue weighted by Crippen LogP contribution is -2.35. The lowest BCUT2D eigenvalue weighted by Gasteiger charge is -2.23. The number of hydrogen-bond donors (Lipinski definition) is 2. The van der Waals surface area contributed by atoms with E-state index in [2.05, 4.69) is 51.2 Å². The molecule has 0 radical (unpaired) electrons. The van der Waals surface area contributed by atoms with Crippen molar-refractivity contribution in [3.8, 4) is 11.3 Å². The third-order valence-corrected chi connectivity index (χ3v) is 5.00. The second-order valence-electron chi connectivity index (χ2n) is 6.66. The molecule has 0 saturated carbocycles. The average Bonchev–Trinajstić information content (AvgIpc) is 2.63. The SMILES string of the molecule is c1cc2c(cc1-c1ccc(NC3CCNCC3)nn1)CCCC2. The Morgan fingerprint density at radius 2 is 1.74 bits per heavy atom. The van der Waals surface area contributed by atoms with Crippen LogP contribution in [0.15, 0.2) is 30.3 Å². The Morgan fingerprint density at radius 3 is 2.52 bits per heavy atom. The second-order valence-corrected chi connectivity index (χ2v) is 6.66. The van der Waals surface area contributed by atoms with Gasteiger partial charge < -0.3 is 10.6 Å². The number of nitrogens with one attached hydrogen (secondary N) is 2. The van der Waals surface area contributed by atoms with Crippen molar-refractivity contribution in [1.29, 1.82) is 0 Å². The van der Waals surface area contributed by atoms with Crippen LogP contribution in [-0.4, -0.2) is 29.3 Å². The van der Waals surface area contributed by atoms with E-state index >= 15 is 0 Å². The molecule has 0 atom stereocenters. The smallest absolute Gasteiger partial charge is 0.148 e. The molecule has 2 aliphatic rings. The van der Waals surface area contributed by atoms with E-state index in [0.29, 0.717) is 6.04 Å². The van der Waals surface area contributed by atoms with Crippen molar-refractivity contribution < 1.29 is 0 Å². The summed E-state index contributed by atoms with van der Waals surface area (Å²) in [6, 6.07) is 11.4. The van der Waals surface area contributed by atoms with Gasteiger partial charge in [-0.15, -0.1) is 10.2 Å². The average molecular weight is 308 g/mol. The van der Waals surface area contributed by atoms with Crippen molar-refractivity contribution in [3.63, 3.8) is 0 Å². The molecule has 4 rings (SSSR count). The summed E-state index contributed by atoms with van der Waals surface area (Å²) in [5.41, 5.74) is 5.16. The number of hydrogen-bond acceptors (Lipinski definition) is 4. The summed E-state index contributed by atoms with van der Waals surface area (Å²) < 4.78 is 0. The molecule has 1 aliphatic carbocycles. The Morgan fingerprint density at radius 1 is 0.913 bits per heavy atom. The lowest BCUT2D eigenvalue weighted by atomic mass is 9.90. The fraction of sp³-hybridized carbons (Fsp3) is 0.474. The van der Waals surface area contributed by atoms with Crippen LogP contribution in [0, 0.1) is 0 Å². The minimum absolute atomic E-state index is 0.514. The quantitative estimate of drug-likeness (QED) is 0.914. The summed E-state index contributed by atoms with van der Waals surface area (Å²) in [6.07, 6.45) is 7.35. The zero-order chi connectivity index (χ0) is 15.5. The summed E-state index contributed by atoms with van der Waals surface area (Å²) in [5, 5.41) is 15.7. The molecule has 2 aromatic rings. The number of aryl methyl sites for hydroxylation is 2. The summed E-state index contributed by atoms with van der Waals surface area (Å²) in [7, 11) is 0. The number of rotatable bonds is 3. The van der Waals surface area contributed by atoms with Gasteiger partial charge in [0.15, 0.2) is 0 Å². The van der Waals surface area contributed by atoms with Gasteiger partial charge in [-0.3, -0.25) is 0 Å². The molecule has 0 unspecified atom stereocenters. The van der Waals surface area contributed by atoms with Gasteiger partial charge in [0.05, 0.1) is 5.69 Å². The second kappa shape index (κ2) is 6.67. The highest BCUT2D eigenvalue weighted by Gasteiger charge is 2.14. The Bertz CT molecular complexity index is 660. The van der Waals surface area contributed by atoms with Crippen LogP contribution < -0.4 is 10.6 Å². The van der Waals surface area contributed by atoms with Crippen LogP contribution >= 0.6 is 0 Å². The molecule has 4 nitrogen and oxygen atoms in total. The number of anilines is 1.